The summed E-state index contributed by atoms with van der Waals surface area (Å²) in [5, 5.41) is 3.33. The van der Waals surface area contributed by atoms with E-state index in [4.69, 9.17) is 4.74 Å². The average molecular weight is 349 g/mol. The maximum absolute atomic E-state index is 14.1. The Hall–Kier alpha value is -1.82. The number of hydrogen-bond donors (Lipinski definition) is 1. The second-order valence-electron chi connectivity index (χ2n) is 7.92. The maximum Gasteiger partial charge on any atom is 0.410 e. The second kappa shape index (κ2) is 6.83. The third kappa shape index (κ3) is 3.89. The molecule has 6 heteroatoms. The molecule has 0 radical (unpaired) electrons. The fourth-order valence-corrected chi connectivity index (χ4v) is 3.61. The number of carbonyl (C=O) groups is 1. The lowest BCUT2D eigenvalue weighted by molar-refractivity contribution is 0.0159. The van der Waals surface area contributed by atoms with Crippen LogP contribution < -0.4 is 10.2 Å². The van der Waals surface area contributed by atoms with Gasteiger partial charge in [0.05, 0.1) is 0 Å². The molecule has 1 N–H and O–H groups in total. The van der Waals surface area contributed by atoms with Gasteiger partial charge in [-0.25, -0.2) is 9.18 Å². The molecule has 25 heavy (non-hydrogen) atoms. The molecule has 2 aliphatic heterocycles. The quantitative estimate of drug-likeness (QED) is 0.847. The summed E-state index contributed by atoms with van der Waals surface area (Å²) in [7, 11) is 0. The predicted octanol–water partition coefficient (Wildman–Crippen LogP) is 2.92. The average Bonchev–Trinajstić information content (AvgIpc) is 2.53. The van der Waals surface area contributed by atoms with Crippen molar-refractivity contribution in [3.05, 3.63) is 29.1 Å². The lowest BCUT2D eigenvalue weighted by Crippen LogP contribution is -2.55. The van der Waals surface area contributed by atoms with E-state index in [9.17, 15) is 9.18 Å². The first-order valence-corrected chi connectivity index (χ1v) is 9.02. The Balaban J connectivity index is 1.75. The number of nitrogens with one attached hydrogen (secondary N) is 1. The van der Waals surface area contributed by atoms with Crippen LogP contribution >= 0.6 is 0 Å². The number of anilines is 1. The van der Waals surface area contributed by atoms with E-state index in [1.54, 1.807) is 11.0 Å². The number of fused-ring (bicyclic) bond motifs is 1. The largest absolute Gasteiger partial charge is 0.444 e. The summed E-state index contributed by atoms with van der Waals surface area (Å²) in [5.74, 6) is -0.110. The van der Waals surface area contributed by atoms with Crippen molar-refractivity contribution >= 4 is 11.8 Å². The van der Waals surface area contributed by atoms with E-state index in [1.807, 2.05) is 33.8 Å². The number of nitrogens with zero attached hydrogens (tertiary/aromatic N) is 2. The zero-order valence-corrected chi connectivity index (χ0v) is 15.6. The van der Waals surface area contributed by atoms with E-state index in [2.05, 4.69) is 10.2 Å². The van der Waals surface area contributed by atoms with Crippen molar-refractivity contribution in [2.45, 2.75) is 52.3 Å². The van der Waals surface area contributed by atoms with Crippen molar-refractivity contribution in [2.75, 3.05) is 31.1 Å². The molecule has 1 amide bonds. The van der Waals surface area contributed by atoms with E-state index in [0.29, 0.717) is 13.1 Å². The summed E-state index contributed by atoms with van der Waals surface area (Å²) in [6.45, 7) is 11.2. The molecule has 2 heterocycles. The highest BCUT2D eigenvalue weighted by Crippen LogP contribution is 2.30. The summed E-state index contributed by atoms with van der Waals surface area (Å²) in [4.78, 5) is 16.4. The number of piperazine rings is 1. The number of carbonyl (C=O) groups excluding carboxylic acids is 1. The van der Waals surface area contributed by atoms with Gasteiger partial charge in [0, 0.05) is 37.9 Å². The van der Waals surface area contributed by atoms with Gasteiger partial charge in [0.15, 0.2) is 0 Å². The molecule has 0 bridgehead atoms. The normalized spacial score (nSPS) is 21.1. The first kappa shape index (κ1) is 18.0. The molecule has 0 spiro atoms. The number of ether oxygens (including phenoxy) is 1. The van der Waals surface area contributed by atoms with Crippen LogP contribution in [0.15, 0.2) is 12.1 Å². The minimum Gasteiger partial charge on any atom is -0.444 e. The third-order valence-corrected chi connectivity index (χ3v) is 4.80. The number of amides is 1. The van der Waals surface area contributed by atoms with Crippen LogP contribution in [0.2, 0.25) is 0 Å². The monoisotopic (exact) mass is 349 g/mol. The lowest BCUT2D eigenvalue weighted by Gasteiger charge is -2.42. The Labute approximate surface area is 149 Å². The SMILES string of the molecule is CC1CN(c2ccc(F)c3c2CNCC3)CCN1C(=O)OC(C)(C)C. The summed E-state index contributed by atoms with van der Waals surface area (Å²) in [5.41, 5.74) is 2.48. The van der Waals surface area contributed by atoms with E-state index in [-0.39, 0.29) is 18.0 Å². The van der Waals surface area contributed by atoms with E-state index >= 15 is 0 Å². The van der Waals surface area contributed by atoms with Crippen LogP contribution in [-0.2, 0) is 17.7 Å². The molecule has 3 rings (SSSR count). The Bertz CT molecular complexity index is 657. The molecule has 1 fully saturated rings. The Morgan fingerprint density at radius 1 is 1.28 bits per heavy atom. The first-order valence-electron chi connectivity index (χ1n) is 9.02. The smallest absolute Gasteiger partial charge is 0.410 e. The van der Waals surface area contributed by atoms with Gasteiger partial charge >= 0.3 is 6.09 Å². The molecule has 1 unspecified atom stereocenters. The van der Waals surface area contributed by atoms with Crippen LogP contribution in [0.4, 0.5) is 14.9 Å². The van der Waals surface area contributed by atoms with Gasteiger partial charge in [0.25, 0.3) is 0 Å². The Morgan fingerprint density at radius 3 is 2.72 bits per heavy atom. The number of hydrogen-bond acceptors (Lipinski definition) is 4. The molecular formula is C19H28FN3O2. The van der Waals surface area contributed by atoms with Crippen LogP contribution in [0, 0.1) is 5.82 Å². The summed E-state index contributed by atoms with van der Waals surface area (Å²) < 4.78 is 19.6. The molecule has 0 saturated carbocycles. The molecular weight excluding hydrogens is 321 g/mol. The van der Waals surface area contributed by atoms with Gasteiger partial charge in [-0.05, 0) is 63.9 Å². The molecule has 138 valence electrons. The highest BCUT2D eigenvalue weighted by atomic mass is 19.1. The van der Waals surface area contributed by atoms with E-state index in [0.717, 1.165) is 42.9 Å². The Morgan fingerprint density at radius 2 is 2.04 bits per heavy atom. The molecule has 0 aromatic heterocycles. The topological polar surface area (TPSA) is 44.8 Å². The van der Waals surface area contributed by atoms with Crippen molar-refractivity contribution in [1.82, 2.24) is 10.2 Å². The molecule has 0 aliphatic carbocycles. The first-order chi connectivity index (χ1) is 11.8. The summed E-state index contributed by atoms with van der Waals surface area (Å²) in [6.07, 6.45) is 0.463. The van der Waals surface area contributed by atoms with Crippen LogP contribution in [0.25, 0.3) is 0 Å². The van der Waals surface area contributed by atoms with Crippen LogP contribution in [0.1, 0.15) is 38.8 Å². The highest BCUT2D eigenvalue weighted by Gasteiger charge is 2.32. The van der Waals surface area contributed by atoms with E-state index < -0.39 is 5.60 Å². The van der Waals surface area contributed by atoms with Crippen LogP contribution in [0.5, 0.6) is 0 Å². The molecule has 5 nitrogen and oxygen atoms in total. The second-order valence-corrected chi connectivity index (χ2v) is 7.92. The number of benzene rings is 1. The van der Waals surface area contributed by atoms with Crippen molar-refractivity contribution in [1.29, 1.82) is 0 Å². The Kier molecular flexibility index (Phi) is 4.91. The van der Waals surface area contributed by atoms with Crippen LogP contribution in [-0.4, -0.2) is 48.8 Å². The van der Waals surface area contributed by atoms with Gasteiger partial charge in [-0.15, -0.1) is 0 Å². The van der Waals surface area contributed by atoms with Gasteiger partial charge in [0.1, 0.15) is 11.4 Å². The van der Waals surface area contributed by atoms with Gasteiger partial charge in [-0.3, -0.25) is 0 Å². The number of halogens is 1. The van der Waals surface area contributed by atoms with Crippen molar-refractivity contribution in [3.63, 3.8) is 0 Å². The zero-order valence-electron chi connectivity index (χ0n) is 15.6. The van der Waals surface area contributed by atoms with Crippen molar-refractivity contribution in [3.8, 4) is 0 Å². The fourth-order valence-electron chi connectivity index (χ4n) is 3.61. The molecule has 1 aromatic carbocycles. The fraction of sp³-hybridized carbons (Fsp3) is 0.632. The zero-order chi connectivity index (χ0) is 18.2. The van der Waals surface area contributed by atoms with E-state index in [1.165, 1.54) is 0 Å². The summed E-state index contributed by atoms with van der Waals surface area (Å²) in [6, 6.07) is 3.49. The minimum atomic E-state index is -0.490. The molecule has 1 atom stereocenters. The van der Waals surface area contributed by atoms with Gasteiger partial charge in [0.2, 0.25) is 0 Å². The lowest BCUT2D eigenvalue weighted by atomic mass is 9.97. The third-order valence-electron chi connectivity index (χ3n) is 4.80. The molecule has 2 aliphatic rings. The van der Waals surface area contributed by atoms with Crippen LogP contribution in [0.3, 0.4) is 0 Å². The predicted molar refractivity (Wildman–Crippen MR) is 96.4 cm³/mol. The highest BCUT2D eigenvalue weighted by molar-refractivity contribution is 5.69. The van der Waals surface area contributed by atoms with Gasteiger partial charge in [-0.1, -0.05) is 0 Å². The van der Waals surface area contributed by atoms with Gasteiger partial charge < -0.3 is 19.9 Å². The number of rotatable bonds is 1. The molecule has 1 aromatic rings. The van der Waals surface area contributed by atoms with Crippen molar-refractivity contribution < 1.29 is 13.9 Å². The van der Waals surface area contributed by atoms with Crippen molar-refractivity contribution in [2.24, 2.45) is 0 Å². The molecule has 1 saturated heterocycles. The standard InChI is InChI=1S/C19H28FN3O2/c1-13-12-22(9-10-23(13)18(24)25-19(2,3)4)17-6-5-16(20)14-7-8-21-11-15(14)17/h5-6,13,21H,7-12H2,1-4H3. The summed E-state index contributed by atoms with van der Waals surface area (Å²) >= 11 is 0. The minimum absolute atomic E-state index is 0.0425. The van der Waals surface area contributed by atoms with Gasteiger partial charge in [-0.2, -0.15) is 0 Å². The maximum atomic E-state index is 14.1.